The van der Waals surface area contributed by atoms with Gasteiger partial charge in [0.1, 0.15) is 0 Å². The summed E-state index contributed by atoms with van der Waals surface area (Å²) < 4.78 is 0. The number of carbonyl (C=O) groups is 1. The average Bonchev–Trinajstić information content (AvgIpc) is 2.56. The fourth-order valence-corrected chi connectivity index (χ4v) is 2.76. The van der Waals surface area contributed by atoms with Crippen molar-refractivity contribution in [2.75, 3.05) is 18.4 Å². The van der Waals surface area contributed by atoms with E-state index >= 15 is 0 Å². The Labute approximate surface area is 136 Å². The van der Waals surface area contributed by atoms with Crippen molar-refractivity contribution in [2.24, 2.45) is 5.92 Å². The minimum Gasteiger partial charge on any atom is -0.339 e. The molecule has 2 heterocycles. The van der Waals surface area contributed by atoms with E-state index < -0.39 is 0 Å². The van der Waals surface area contributed by atoms with E-state index in [4.69, 9.17) is 0 Å². The van der Waals surface area contributed by atoms with Gasteiger partial charge in [0.2, 0.25) is 0 Å². The first-order chi connectivity index (χ1) is 11.1. The van der Waals surface area contributed by atoms with Gasteiger partial charge < -0.3 is 10.2 Å². The SMILES string of the molecule is Cc1cccc(Nc2ccc(C(=O)N3CCC(C)CC3)nn2)c1. The number of benzene rings is 1. The van der Waals surface area contributed by atoms with Crippen molar-refractivity contribution in [3.05, 3.63) is 47.7 Å². The minimum atomic E-state index is -0.0218. The molecular weight excluding hydrogens is 288 g/mol. The first kappa shape index (κ1) is 15.5. The number of anilines is 2. The summed E-state index contributed by atoms with van der Waals surface area (Å²) in [6.45, 7) is 5.89. The van der Waals surface area contributed by atoms with E-state index in [0.29, 0.717) is 17.4 Å². The maximum absolute atomic E-state index is 12.4. The van der Waals surface area contributed by atoms with E-state index in [9.17, 15) is 4.79 Å². The van der Waals surface area contributed by atoms with Crippen LogP contribution >= 0.6 is 0 Å². The van der Waals surface area contributed by atoms with Gasteiger partial charge in [-0.15, -0.1) is 10.2 Å². The Hall–Kier alpha value is -2.43. The van der Waals surface area contributed by atoms with Gasteiger partial charge in [-0.05, 0) is 55.5 Å². The lowest BCUT2D eigenvalue weighted by molar-refractivity contribution is 0.0690. The lowest BCUT2D eigenvalue weighted by atomic mass is 9.99. The highest BCUT2D eigenvalue weighted by molar-refractivity contribution is 5.92. The van der Waals surface area contributed by atoms with Crippen LogP contribution in [-0.2, 0) is 0 Å². The van der Waals surface area contributed by atoms with Crippen molar-refractivity contribution in [3.8, 4) is 0 Å². The number of nitrogens with one attached hydrogen (secondary N) is 1. The Morgan fingerprint density at radius 3 is 2.61 bits per heavy atom. The lowest BCUT2D eigenvalue weighted by Crippen LogP contribution is -2.38. The van der Waals surface area contributed by atoms with E-state index in [0.717, 1.165) is 31.6 Å². The van der Waals surface area contributed by atoms with E-state index in [2.05, 4.69) is 22.4 Å². The maximum Gasteiger partial charge on any atom is 0.274 e. The molecule has 1 N–H and O–H groups in total. The summed E-state index contributed by atoms with van der Waals surface area (Å²) in [6, 6.07) is 11.6. The number of piperidine rings is 1. The average molecular weight is 310 g/mol. The molecule has 1 saturated heterocycles. The number of hydrogen-bond donors (Lipinski definition) is 1. The van der Waals surface area contributed by atoms with Gasteiger partial charge in [0.25, 0.3) is 5.91 Å². The molecule has 0 saturated carbocycles. The molecule has 23 heavy (non-hydrogen) atoms. The van der Waals surface area contributed by atoms with Crippen LogP contribution in [0, 0.1) is 12.8 Å². The summed E-state index contributed by atoms with van der Waals surface area (Å²) >= 11 is 0. The molecule has 120 valence electrons. The van der Waals surface area contributed by atoms with E-state index in [1.54, 1.807) is 12.1 Å². The van der Waals surface area contributed by atoms with Gasteiger partial charge in [0.05, 0.1) is 0 Å². The standard InChI is InChI=1S/C18H22N4O/c1-13-8-10-22(11-9-13)18(23)16-6-7-17(21-20-16)19-15-5-3-4-14(2)12-15/h3-7,12-13H,8-11H2,1-2H3,(H,19,21). The van der Waals surface area contributed by atoms with Gasteiger partial charge in [0.15, 0.2) is 11.5 Å². The summed E-state index contributed by atoms with van der Waals surface area (Å²) in [7, 11) is 0. The van der Waals surface area contributed by atoms with Crippen molar-refractivity contribution in [3.63, 3.8) is 0 Å². The van der Waals surface area contributed by atoms with Crippen LogP contribution in [0.1, 0.15) is 35.8 Å². The summed E-state index contributed by atoms with van der Waals surface area (Å²) in [5.74, 6) is 1.32. The fourth-order valence-electron chi connectivity index (χ4n) is 2.76. The smallest absolute Gasteiger partial charge is 0.274 e. The van der Waals surface area contributed by atoms with Gasteiger partial charge in [-0.1, -0.05) is 19.1 Å². The molecule has 0 aliphatic carbocycles. The number of nitrogens with zero attached hydrogens (tertiary/aromatic N) is 3. The van der Waals surface area contributed by atoms with Gasteiger partial charge in [-0.25, -0.2) is 0 Å². The number of amides is 1. The molecule has 1 aliphatic rings. The van der Waals surface area contributed by atoms with E-state index in [1.165, 1.54) is 5.56 Å². The molecular formula is C18H22N4O. The van der Waals surface area contributed by atoms with E-state index in [1.807, 2.05) is 36.1 Å². The Morgan fingerprint density at radius 2 is 1.96 bits per heavy atom. The number of hydrogen-bond acceptors (Lipinski definition) is 4. The van der Waals surface area contributed by atoms with Crippen molar-refractivity contribution >= 4 is 17.4 Å². The monoisotopic (exact) mass is 310 g/mol. The molecule has 0 unspecified atom stereocenters. The molecule has 2 aromatic rings. The molecule has 1 aromatic heterocycles. The molecule has 3 rings (SSSR count). The van der Waals surface area contributed by atoms with Crippen molar-refractivity contribution in [1.29, 1.82) is 0 Å². The summed E-state index contributed by atoms with van der Waals surface area (Å²) in [4.78, 5) is 14.3. The van der Waals surface area contributed by atoms with Gasteiger partial charge in [-0.2, -0.15) is 0 Å². The third-order valence-corrected chi connectivity index (χ3v) is 4.24. The summed E-state index contributed by atoms with van der Waals surface area (Å²) in [6.07, 6.45) is 2.12. The summed E-state index contributed by atoms with van der Waals surface area (Å²) in [5.41, 5.74) is 2.55. The zero-order valence-electron chi connectivity index (χ0n) is 13.6. The lowest BCUT2D eigenvalue weighted by Gasteiger charge is -2.29. The molecule has 5 nitrogen and oxygen atoms in total. The minimum absolute atomic E-state index is 0.0218. The van der Waals surface area contributed by atoms with Crippen molar-refractivity contribution < 1.29 is 4.79 Å². The Kier molecular flexibility index (Phi) is 4.55. The molecule has 0 spiro atoms. The third kappa shape index (κ3) is 3.86. The zero-order valence-corrected chi connectivity index (χ0v) is 13.6. The van der Waals surface area contributed by atoms with Crippen molar-refractivity contribution in [2.45, 2.75) is 26.7 Å². The number of carbonyl (C=O) groups excluding carboxylic acids is 1. The second-order valence-electron chi connectivity index (χ2n) is 6.27. The van der Waals surface area contributed by atoms with E-state index in [-0.39, 0.29) is 5.91 Å². The topological polar surface area (TPSA) is 58.1 Å². The third-order valence-electron chi connectivity index (χ3n) is 4.24. The van der Waals surface area contributed by atoms with Gasteiger partial charge in [0, 0.05) is 18.8 Å². The van der Waals surface area contributed by atoms with Gasteiger partial charge >= 0.3 is 0 Å². The molecule has 0 bridgehead atoms. The van der Waals surface area contributed by atoms with Crippen LogP contribution in [0.15, 0.2) is 36.4 Å². The van der Waals surface area contributed by atoms with Crippen LogP contribution in [-0.4, -0.2) is 34.1 Å². The largest absolute Gasteiger partial charge is 0.339 e. The number of aromatic nitrogens is 2. The quantitative estimate of drug-likeness (QED) is 0.944. The number of aryl methyl sites for hydroxylation is 1. The number of likely N-dealkylation sites (tertiary alicyclic amines) is 1. The molecule has 1 amide bonds. The Bertz CT molecular complexity index is 676. The van der Waals surface area contributed by atoms with Crippen LogP contribution in [0.2, 0.25) is 0 Å². The highest BCUT2D eigenvalue weighted by atomic mass is 16.2. The highest BCUT2D eigenvalue weighted by Gasteiger charge is 2.22. The second kappa shape index (κ2) is 6.77. The Balaban J connectivity index is 1.66. The predicted molar refractivity (Wildman–Crippen MR) is 90.8 cm³/mol. The number of rotatable bonds is 3. The van der Waals surface area contributed by atoms with Crippen LogP contribution in [0.5, 0.6) is 0 Å². The predicted octanol–water partition coefficient (Wildman–Crippen LogP) is 3.40. The molecule has 0 atom stereocenters. The van der Waals surface area contributed by atoms with Crippen LogP contribution in [0.4, 0.5) is 11.5 Å². The zero-order chi connectivity index (χ0) is 16.2. The van der Waals surface area contributed by atoms with Gasteiger partial charge in [-0.3, -0.25) is 4.79 Å². The van der Waals surface area contributed by atoms with Crippen LogP contribution in [0.3, 0.4) is 0 Å². The highest BCUT2D eigenvalue weighted by Crippen LogP contribution is 2.18. The fraction of sp³-hybridized carbons (Fsp3) is 0.389. The summed E-state index contributed by atoms with van der Waals surface area (Å²) in [5, 5.41) is 11.4. The first-order valence-electron chi connectivity index (χ1n) is 8.08. The second-order valence-corrected chi connectivity index (χ2v) is 6.27. The van der Waals surface area contributed by atoms with Crippen LogP contribution in [0.25, 0.3) is 0 Å². The van der Waals surface area contributed by atoms with Crippen molar-refractivity contribution in [1.82, 2.24) is 15.1 Å². The first-order valence-corrected chi connectivity index (χ1v) is 8.08. The molecule has 1 aliphatic heterocycles. The molecule has 0 radical (unpaired) electrons. The van der Waals surface area contributed by atoms with Crippen LogP contribution < -0.4 is 5.32 Å². The molecule has 1 fully saturated rings. The maximum atomic E-state index is 12.4. The Morgan fingerprint density at radius 1 is 1.17 bits per heavy atom. The normalized spacial score (nSPS) is 15.5. The molecule has 5 heteroatoms. The molecule has 1 aromatic carbocycles.